The SMILES string of the molecule is CC(C(=O)NCCCN(Cc1cccnc1)C(=O)OC(C)(C)C)N1C(=O)NC2(CCCC2)C1=O. The Hall–Kier alpha value is -3.17. The first-order valence-electron chi connectivity index (χ1n) is 11.8. The van der Waals surface area contributed by atoms with Gasteiger partial charge in [0.15, 0.2) is 0 Å². The van der Waals surface area contributed by atoms with Crippen molar-refractivity contribution in [2.75, 3.05) is 13.1 Å². The zero-order chi connectivity index (χ0) is 24.9. The van der Waals surface area contributed by atoms with Crippen molar-refractivity contribution >= 4 is 23.9 Å². The number of nitrogens with one attached hydrogen (secondary N) is 2. The fourth-order valence-corrected chi connectivity index (χ4v) is 4.33. The van der Waals surface area contributed by atoms with Crippen LogP contribution in [0, 0.1) is 0 Å². The molecular formula is C24H35N5O5. The molecule has 1 aromatic rings. The minimum atomic E-state index is -0.912. The number of ether oxygens (including phenoxy) is 1. The van der Waals surface area contributed by atoms with Crippen molar-refractivity contribution in [1.29, 1.82) is 0 Å². The lowest BCUT2D eigenvalue weighted by atomic mass is 9.97. The number of carbonyl (C=O) groups is 4. The fraction of sp³-hybridized carbons (Fsp3) is 0.625. The highest BCUT2D eigenvalue weighted by molar-refractivity contribution is 6.09. The minimum Gasteiger partial charge on any atom is -0.444 e. The Labute approximate surface area is 200 Å². The first-order valence-corrected chi connectivity index (χ1v) is 11.8. The lowest BCUT2D eigenvalue weighted by Gasteiger charge is -2.27. The molecule has 1 atom stereocenters. The van der Waals surface area contributed by atoms with Crippen LogP contribution < -0.4 is 10.6 Å². The molecule has 2 aliphatic rings. The number of hydrogen-bond acceptors (Lipinski definition) is 6. The van der Waals surface area contributed by atoms with Crippen LogP contribution >= 0.6 is 0 Å². The van der Waals surface area contributed by atoms with Gasteiger partial charge in [-0.25, -0.2) is 14.5 Å². The van der Waals surface area contributed by atoms with Gasteiger partial charge >= 0.3 is 12.1 Å². The maximum absolute atomic E-state index is 12.9. The van der Waals surface area contributed by atoms with Crippen molar-refractivity contribution in [2.24, 2.45) is 0 Å². The standard InChI is InChI=1S/C24H35N5O5/c1-17(29-20(31)24(27-21(29)32)10-5-6-11-24)19(30)26-13-8-14-28(22(33)34-23(2,3)4)16-18-9-7-12-25-15-18/h7,9,12,15,17H,5-6,8,10-11,13-14,16H2,1-4H3,(H,26,30)(H,27,32). The second-order valence-corrected chi connectivity index (χ2v) is 9.98. The maximum atomic E-state index is 12.9. The van der Waals surface area contributed by atoms with Crippen LogP contribution in [-0.2, 0) is 20.9 Å². The molecule has 34 heavy (non-hydrogen) atoms. The molecule has 1 aliphatic carbocycles. The molecular weight excluding hydrogens is 438 g/mol. The highest BCUT2D eigenvalue weighted by atomic mass is 16.6. The van der Waals surface area contributed by atoms with Crippen LogP contribution in [-0.4, -0.2) is 69.0 Å². The molecule has 1 saturated carbocycles. The maximum Gasteiger partial charge on any atom is 0.410 e. The van der Waals surface area contributed by atoms with Crippen molar-refractivity contribution in [3.8, 4) is 0 Å². The van der Waals surface area contributed by atoms with E-state index in [1.807, 2.05) is 6.07 Å². The summed E-state index contributed by atoms with van der Waals surface area (Å²) in [6, 6.07) is 2.26. The Morgan fingerprint density at radius 3 is 2.62 bits per heavy atom. The monoisotopic (exact) mass is 473 g/mol. The highest BCUT2D eigenvalue weighted by Gasteiger charge is 2.54. The van der Waals surface area contributed by atoms with Gasteiger partial charge in [0.1, 0.15) is 17.2 Å². The van der Waals surface area contributed by atoms with Crippen LogP contribution in [0.15, 0.2) is 24.5 Å². The Morgan fingerprint density at radius 2 is 2.00 bits per heavy atom. The van der Waals surface area contributed by atoms with Gasteiger partial charge in [-0.15, -0.1) is 0 Å². The molecule has 10 nitrogen and oxygen atoms in total. The van der Waals surface area contributed by atoms with E-state index >= 15 is 0 Å². The van der Waals surface area contributed by atoms with Gasteiger partial charge in [-0.2, -0.15) is 0 Å². The third kappa shape index (κ3) is 6.03. The fourth-order valence-electron chi connectivity index (χ4n) is 4.33. The van der Waals surface area contributed by atoms with Crippen LogP contribution in [0.4, 0.5) is 9.59 Å². The third-order valence-electron chi connectivity index (χ3n) is 6.07. The molecule has 0 radical (unpaired) electrons. The Balaban J connectivity index is 1.52. The van der Waals surface area contributed by atoms with Crippen molar-refractivity contribution in [2.45, 2.75) is 83.5 Å². The summed E-state index contributed by atoms with van der Waals surface area (Å²) >= 11 is 0. The summed E-state index contributed by atoms with van der Waals surface area (Å²) in [5, 5.41) is 5.58. The van der Waals surface area contributed by atoms with Crippen molar-refractivity contribution in [1.82, 2.24) is 25.4 Å². The van der Waals surface area contributed by atoms with Gasteiger partial charge in [0, 0.05) is 25.5 Å². The van der Waals surface area contributed by atoms with E-state index in [2.05, 4.69) is 15.6 Å². The quantitative estimate of drug-likeness (QED) is 0.442. The van der Waals surface area contributed by atoms with Crippen LogP contribution in [0.2, 0.25) is 0 Å². The average molecular weight is 474 g/mol. The van der Waals surface area contributed by atoms with Crippen molar-refractivity contribution < 1.29 is 23.9 Å². The molecule has 0 bridgehead atoms. The third-order valence-corrected chi connectivity index (χ3v) is 6.07. The molecule has 5 amide bonds. The number of rotatable bonds is 8. The number of hydrogen-bond donors (Lipinski definition) is 2. The number of urea groups is 1. The molecule has 1 aliphatic heterocycles. The first kappa shape index (κ1) is 25.5. The molecule has 1 aromatic heterocycles. The van der Waals surface area contributed by atoms with Gasteiger partial charge in [-0.3, -0.25) is 14.6 Å². The Bertz CT molecular complexity index is 908. The lowest BCUT2D eigenvalue weighted by molar-refractivity contribution is -0.137. The van der Waals surface area contributed by atoms with E-state index in [0.29, 0.717) is 32.4 Å². The topological polar surface area (TPSA) is 121 Å². The van der Waals surface area contributed by atoms with Gasteiger partial charge in [0.05, 0.1) is 6.54 Å². The summed E-state index contributed by atoms with van der Waals surface area (Å²) in [4.78, 5) is 57.3. The predicted octanol–water partition coefficient (Wildman–Crippen LogP) is 2.58. The van der Waals surface area contributed by atoms with E-state index in [1.165, 1.54) is 0 Å². The Kier molecular flexibility index (Phi) is 7.78. The molecule has 186 valence electrons. The molecule has 1 unspecified atom stereocenters. The molecule has 1 spiro atoms. The van der Waals surface area contributed by atoms with Gasteiger partial charge in [0.25, 0.3) is 5.91 Å². The molecule has 0 aromatic carbocycles. The number of amides is 5. The molecule has 10 heteroatoms. The van der Waals surface area contributed by atoms with Crippen LogP contribution in [0.3, 0.4) is 0 Å². The van der Waals surface area contributed by atoms with Crippen molar-refractivity contribution in [3.05, 3.63) is 30.1 Å². The molecule has 3 rings (SSSR count). The van der Waals surface area contributed by atoms with E-state index in [4.69, 9.17) is 4.74 Å². The average Bonchev–Trinajstić information content (AvgIpc) is 3.33. The van der Waals surface area contributed by atoms with Gasteiger partial charge in [0.2, 0.25) is 5.91 Å². The summed E-state index contributed by atoms with van der Waals surface area (Å²) in [6.45, 7) is 7.93. The van der Waals surface area contributed by atoms with E-state index in [9.17, 15) is 19.2 Å². The number of nitrogens with zero attached hydrogens (tertiary/aromatic N) is 3. The summed E-state index contributed by atoms with van der Waals surface area (Å²) < 4.78 is 5.52. The Morgan fingerprint density at radius 1 is 1.29 bits per heavy atom. The molecule has 2 fully saturated rings. The van der Waals surface area contributed by atoms with E-state index in [-0.39, 0.29) is 12.5 Å². The second kappa shape index (κ2) is 10.4. The summed E-state index contributed by atoms with van der Waals surface area (Å²) in [6.07, 6.45) is 6.37. The summed E-state index contributed by atoms with van der Waals surface area (Å²) in [7, 11) is 0. The van der Waals surface area contributed by atoms with Crippen LogP contribution in [0.1, 0.15) is 65.4 Å². The normalized spacial score (nSPS) is 18.1. The van der Waals surface area contributed by atoms with Gasteiger partial charge in [-0.05, 0) is 58.6 Å². The lowest BCUT2D eigenvalue weighted by Crippen LogP contribution is -2.50. The minimum absolute atomic E-state index is 0.282. The summed E-state index contributed by atoms with van der Waals surface area (Å²) in [5.41, 5.74) is -0.607. The number of imide groups is 1. The first-order chi connectivity index (χ1) is 16.0. The van der Waals surface area contributed by atoms with Gasteiger partial charge in [-0.1, -0.05) is 18.9 Å². The van der Waals surface area contributed by atoms with Crippen LogP contribution in [0.25, 0.3) is 0 Å². The summed E-state index contributed by atoms with van der Waals surface area (Å²) in [5.74, 6) is -0.722. The number of carbonyl (C=O) groups excluding carboxylic acids is 4. The molecule has 2 heterocycles. The van der Waals surface area contributed by atoms with E-state index in [1.54, 1.807) is 51.1 Å². The number of aromatic nitrogens is 1. The molecule has 1 saturated heterocycles. The van der Waals surface area contributed by atoms with Crippen molar-refractivity contribution in [3.63, 3.8) is 0 Å². The van der Waals surface area contributed by atoms with E-state index < -0.39 is 35.2 Å². The zero-order valence-electron chi connectivity index (χ0n) is 20.4. The second-order valence-electron chi connectivity index (χ2n) is 9.98. The highest BCUT2D eigenvalue weighted by Crippen LogP contribution is 2.35. The largest absolute Gasteiger partial charge is 0.444 e. The van der Waals surface area contributed by atoms with E-state index in [0.717, 1.165) is 23.3 Å². The molecule has 2 N–H and O–H groups in total. The smallest absolute Gasteiger partial charge is 0.410 e. The van der Waals surface area contributed by atoms with Crippen LogP contribution in [0.5, 0.6) is 0 Å². The van der Waals surface area contributed by atoms with Gasteiger partial charge < -0.3 is 20.3 Å². The zero-order valence-corrected chi connectivity index (χ0v) is 20.4. The number of pyridine rings is 1. The predicted molar refractivity (Wildman–Crippen MR) is 125 cm³/mol.